The summed E-state index contributed by atoms with van der Waals surface area (Å²) in [6, 6.07) is 1.42. The summed E-state index contributed by atoms with van der Waals surface area (Å²) in [6.07, 6.45) is 6.83. The van der Waals surface area contributed by atoms with Crippen LogP contribution in [0.1, 0.15) is 17.2 Å². The molecule has 0 aliphatic heterocycles. The molecule has 2 N–H and O–H groups in total. The highest BCUT2D eigenvalue weighted by atomic mass is 35.5. The molecule has 1 amide bonds. The van der Waals surface area contributed by atoms with Gasteiger partial charge in [-0.05, 0) is 25.6 Å². The number of rotatable bonds is 4. The van der Waals surface area contributed by atoms with Crippen molar-refractivity contribution in [3.63, 3.8) is 0 Å². The van der Waals surface area contributed by atoms with E-state index in [2.05, 4.69) is 20.7 Å². The van der Waals surface area contributed by atoms with Crippen LogP contribution in [0.2, 0.25) is 0 Å². The molecule has 2 rings (SSSR count). The number of carbonyl (C=O) groups is 1. The number of hydrogen-bond acceptors (Lipinski definition) is 4. The molecule has 2 heterocycles. The summed E-state index contributed by atoms with van der Waals surface area (Å²) in [5.74, 6) is -0.133. The summed E-state index contributed by atoms with van der Waals surface area (Å²) in [7, 11) is 3.56. The zero-order chi connectivity index (χ0) is 13.8. The molecule has 0 bridgehead atoms. The normalized spacial score (nSPS) is 11.0. The van der Waals surface area contributed by atoms with Gasteiger partial charge < -0.3 is 10.6 Å². The summed E-state index contributed by atoms with van der Waals surface area (Å²) in [5.41, 5.74) is 2.52. The summed E-state index contributed by atoms with van der Waals surface area (Å²) in [4.78, 5) is 16.3. The van der Waals surface area contributed by atoms with E-state index in [-0.39, 0.29) is 30.7 Å². The number of anilines is 1. The molecular weight excluding hydrogens is 313 g/mol. The fourth-order valence-electron chi connectivity index (χ4n) is 1.84. The molecule has 2 aromatic rings. The highest BCUT2D eigenvalue weighted by molar-refractivity contribution is 5.95. The van der Waals surface area contributed by atoms with Crippen LogP contribution < -0.4 is 10.6 Å². The van der Waals surface area contributed by atoms with Crippen LogP contribution in [0.25, 0.3) is 0 Å². The zero-order valence-electron chi connectivity index (χ0n) is 12.0. The van der Waals surface area contributed by atoms with E-state index in [1.807, 2.05) is 26.2 Å². The van der Waals surface area contributed by atoms with Gasteiger partial charge in [-0.1, -0.05) is 0 Å². The minimum absolute atomic E-state index is 0. The number of nitrogens with one attached hydrogen (secondary N) is 2. The highest BCUT2D eigenvalue weighted by Gasteiger charge is 2.20. The molecular formula is C13H19Cl2N5O. The average molecular weight is 332 g/mol. The van der Waals surface area contributed by atoms with Gasteiger partial charge in [0.25, 0.3) is 0 Å². The molecule has 0 fully saturated rings. The number of amides is 1. The topological polar surface area (TPSA) is 71.8 Å². The number of nitrogens with zero attached hydrogens (tertiary/aromatic N) is 3. The van der Waals surface area contributed by atoms with Crippen molar-refractivity contribution in [1.29, 1.82) is 0 Å². The van der Waals surface area contributed by atoms with Crippen molar-refractivity contribution in [3.05, 3.63) is 42.0 Å². The van der Waals surface area contributed by atoms with Crippen molar-refractivity contribution in [2.24, 2.45) is 7.05 Å². The van der Waals surface area contributed by atoms with E-state index in [1.54, 1.807) is 30.3 Å². The van der Waals surface area contributed by atoms with E-state index in [0.29, 0.717) is 0 Å². The smallest absolute Gasteiger partial charge is 0.246 e. The number of aryl methyl sites for hydroxylation is 2. The van der Waals surface area contributed by atoms with E-state index in [4.69, 9.17) is 0 Å². The lowest BCUT2D eigenvalue weighted by Crippen LogP contribution is -2.30. The Morgan fingerprint density at radius 2 is 2.05 bits per heavy atom. The van der Waals surface area contributed by atoms with Gasteiger partial charge in [-0.3, -0.25) is 14.5 Å². The molecule has 6 nitrogen and oxygen atoms in total. The Kier molecular flexibility index (Phi) is 7.94. The predicted molar refractivity (Wildman–Crippen MR) is 87.1 cm³/mol. The van der Waals surface area contributed by atoms with Crippen LogP contribution in [-0.4, -0.2) is 27.7 Å². The Hall–Kier alpha value is -1.63. The third-order valence-corrected chi connectivity index (χ3v) is 2.91. The van der Waals surface area contributed by atoms with E-state index in [1.165, 1.54) is 0 Å². The molecule has 8 heteroatoms. The molecule has 1 unspecified atom stereocenters. The van der Waals surface area contributed by atoms with Crippen molar-refractivity contribution in [3.8, 4) is 0 Å². The van der Waals surface area contributed by atoms with Crippen molar-refractivity contribution < 1.29 is 4.79 Å². The first-order valence-corrected chi connectivity index (χ1v) is 5.99. The molecule has 0 saturated heterocycles. The molecule has 0 saturated carbocycles. The summed E-state index contributed by atoms with van der Waals surface area (Å²) >= 11 is 0. The van der Waals surface area contributed by atoms with E-state index in [0.717, 1.165) is 16.8 Å². The molecule has 0 radical (unpaired) electrons. The van der Waals surface area contributed by atoms with Gasteiger partial charge in [0.1, 0.15) is 6.04 Å². The molecule has 2 aromatic heterocycles. The Bertz CT molecular complexity index is 587. The second-order valence-electron chi connectivity index (χ2n) is 4.35. The van der Waals surface area contributed by atoms with Crippen LogP contribution in [-0.2, 0) is 11.8 Å². The molecule has 116 valence electrons. The van der Waals surface area contributed by atoms with Gasteiger partial charge in [-0.25, -0.2) is 0 Å². The number of carbonyl (C=O) groups excluding carboxylic acids is 1. The van der Waals surface area contributed by atoms with Crippen LogP contribution in [0.15, 0.2) is 30.9 Å². The summed E-state index contributed by atoms with van der Waals surface area (Å²) in [5, 5.41) is 9.93. The van der Waals surface area contributed by atoms with Gasteiger partial charge in [-0.2, -0.15) is 5.10 Å². The van der Waals surface area contributed by atoms with Crippen LogP contribution in [0, 0.1) is 6.92 Å². The summed E-state index contributed by atoms with van der Waals surface area (Å²) in [6.45, 7) is 1.93. The van der Waals surface area contributed by atoms with Gasteiger partial charge in [0.15, 0.2) is 0 Å². The Labute approximate surface area is 136 Å². The van der Waals surface area contributed by atoms with Crippen molar-refractivity contribution in [2.75, 3.05) is 12.4 Å². The SMILES string of the molecule is CNC(C(=O)Nc1cnccc1C)c1cnn(C)c1.Cl.Cl. The Morgan fingerprint density at radius 1 is 1.33 bits per heavy atom. The van der Waals surface area contributed by atoms with Gasteiger partial charge in [0.2, 0.25) is 5.91 Å². The molecule has 1 atom stereocenters. The second-order valence-corrected chi connectivity index (χ2v) is 4.35. The number of likely N-dealkylation sites (N-methyl/N-ethyl adjacent to an activating group) is 1. The lowest BCUT2D eigenvalue weighted by Gasteiger charge is -2.15. The Morgan fingerprint density at radius 3 is 2.57 bits per heavy atom. The fraction of sp³-hybridized carbons (Fsp3) is 0.308. The second kappa shape index (κ2) is 8.61. The number of halogens is 2. The third kappa shape index (κ3) is 4.70. The van der Waals surface area contributed by atoms with Crippen LogP contribution in [0.3, 0.4) is 0 Å². The fourth-order valence-corrected chi connectivity index (χ4v) is 1.84. The maximum atomic E-state index is 12.3. The predicted octanol–water partition coefficient (Wildman–Crippen LogP) is 1.87. The highest BCUT2D eigenvalue weighted by Crippen LogP contribution is 2.16. The van der Waals surface area contributed by atoms with Crippen molar-refractivity contribution in [2.45, 2.75) is 13.0 Å². The molecule has 0 aliphatic carbocycles. The van der Waals surface area contributed by atoms with Gasteiger partial charge >= 0.3 is 0 Å². The first kappa shape index (κ1) is 19.4. The van der Waals surface area contributed by atoms with E-state index < -0.39 is 6.04 Å². The van der Waals surface area contributed by atoms with Gasteiger partial charge in [0, 0.05) is 25.0 Å². The van der Waals surface area contributed by atoms with Gasteiger partial charge in [0.05, 0.1) is 18.1 Å². The maximum Gasteiger partial charge on any atom is 0.246 e. The monoisotopic (exact) mass is 331 g/mol. The molecule has 21 heavy (non-hydrogen) atoms. The lowest BCUT2D eigenvalue weighted by atomic mass is 10.1. The quantitative estimate of drug-likeness (QED) is 0.897. The van der Waals surface area contributed by atoms with Crippen LogP contribution in [0.4, 0.5) is 5.69 Å². The molecule has 0 aliphatic rings. The number of hydrogen-bond donors (Lipinski definition) is 2. The number of pyridine rings is 1. The van der Waals surface area contributed by atoms with E-state index >= 15 is 0 Å². The van der Waals surface area contributed by atoms with Gasteiger partial charge in [-0.15, -0.1) is 24.8 Å². The third-order valence-electron chi connectivity index (χ3n) is 2.91. The molecule has 0 spiro atoms. The zero-order valence-corrected chi connectivity index (χ0v) is 13.7. The minimum atomic E-state index is -0.437. The molecule has 0 aromatic carbocycles. The van der Waals surface area contributed by atoms with Crippen molar-refractivity contribution >= 4 is 36.4 Å². The maximum absolute atomic E-state index is 12.3. The largest absolute Gasteiger partial charge is 0.323 e. The standard InChI is InChI=1S/C13H17N5O.2ClH/c1-9-4-5-15-7-11(9)17-13(19)12(14-2)10-6-16-18(3)8-10;;/h4-8,12,14H,1-3H3,(H,17,19);2*1H. The lowest BCUT2D eigenvalue weighted by molar-refractivity contribution is -0.118. The minimum Gasteiger partial charge on any atom is -0.323 e. The number of aromatic nitrogens is 3. The van der Waals surface area contributed by atoms with E-state index in [9.17, 15) is 4.79 Å². The Balaban J connectivity index is 0.00000200. The first-order chi connectivity index (χ1) is 9.11. The van der Waals surface area contributed by atoms with Crippen LogP contribution in [0.5, 0.6) is 0 Å². The summed E-state index contributed by atoms with van der Waals surface area (Å²) < 4.78 is 1.67. The first-order valence-electron chi connectivity index (χ1n) is 5.99. The van der Waals surface area contributed by atoms with Crippen molar-refractivity contribution in [1.82, 2.24) is 20.1 Å². The average Bonchev–Trinajstić information content (AvgIpc) is 2.80. The van der Waals surface area contributed by atoms with Crippen LogP contribution >= 0.6 is 24.8 Å².